The van der Waals surface area contributed by atoms with Crippen LogP contribution in [0.4, 0.5) is 5.69 Å². The first-order valence-corrected chi connectivity index (χ1v) is 10.3. The Labute approximate surface area is 182 Å². The Hall–Kier alpha value is -3.51. The van der Waals surface area contributed by atoms with E-state index in [1.165, 1.54) is 0 Å². The predicted molar refractivity (Wildman–Crippen MR) is 120 cm³/mol. The normalized spacial score (nSPS) is 10.4. The monoisotopic (exact) mass is 421 g/mol. The molecule has 0 bridgehead atoms. The van der Waals surface area contributed by atoms with Gasteiger partial charge in [0, 0.05) is 17.9 Å². The first-order chi connectivity index (χ1) is 15.2. The maximum atomic E-state index is 12.5. The van der Waals surface area contributed by atoms with Crippen molar-refractivity contribution in [1.82, 2.24) is 0 Å². The third-order valence-corrected chi connectivity index (χ3v) is 4.29. The first kappa shape index (κ1) is 22.2. The molecule has 1 amide bonds. The van der Waals surface area contributed by atoms with Crippen LogP contribution in [0.2, 0.25) is 0 Å². The van der Waals surface area contributed by atoms with Crippen LogP contribution in [0.15, 0.2) is 78.9 Å². The molecule has 0 saturated carbocycles. The lowest BCUT2D eigenvalue weighted by Crippen LogP contribution is -2.12. The van der Waals surface area contributed by atoms with Gasteiger partial charge in [0.15, 0.2) is 0 Å². The summed E-state index contributed by atoms with van der Waals surface area (Å²) < 4.78 is 22.1. The van der Waals surface area contributed by atoms with Gasteiger partial charge in [-0.1, -0.05) is 18.2 Å². The lowest BCUT2D eigenvalue weighted by Gasteiger charge is -2.10. The Balaban J connectivity index is 1.41. The number of carbonyl (C=O) groups is 1. The van der Waals surface area contributed by atoms with Crippen LogP contribution in [-0.4, -0.2) is 38.9 Å². The third-order valence-electron chi connectivity index (χ3n) is 4.29. The Bertz CT molecular complexity index is 911. The molecule has 162 valence electrons. The van der Waals surface area contributed by atoms with Crippen molar-refractivity contribution in [3.05, 3.63) is 84.4 Å². The molecule has 0 heterocycles. The second-order valence-corrected chi connectivity index (χ2v) is 6.56. The summed E-state index contributed by atoms with van der Waals surface area (Å²) in [7, 11) is 0. The summed E-state index contributed by atoms with van der Waals surface area (Å²) in [6.45, 7) is 4.52. The molecule has 0 saturated heterocycles. The maximum absolute atomic E-state index is 12.5. The molecular weight excluding hydrogens is 394 g/mol. The predicted octanol–water partition coefficient (Wildman–Crippen LogP) is 4.81. The lowest BCUT2D eigenvalue weighted by atomic mass is 10.2. The minimum absolute atomic E-state index is 0.191. The standard InChI is InChI=1S/C25H27NO5/c1-2-28-16-17-29-24-14-10-21(11-15-24)26-25(27)20-8-12-23(13-9-20)31-19-18-30-22-6-4-3-5-7-22/h3-15H,2,16-19H2,1H3,(H,26,27). The lowest BCUT2D eigenvalue weighted by molar-refractivity contribution is 0.102. The molecule has 0 atom stereocenters. The number of amides is 1. The van der Waals surface area contributed by atoms with Crippen LogP contribution in [0, 0.1) is 0 Å². The summed E-state index contributed by atoms with van der Waals surface area (Å²) in [4.78, 5) is 12.5. The average molecular weight is 421 g/mol. The fourth-order valence-electron chi connectivity index (χ4n) is 2.74. The second kappa shape index (κ2) is 12.2. The van der Waals surface area contributed by atoms with Gasteiger partial charge >= 0.3 is 0 Å². The van der Waals surface area contributed by atoms with Crippen LogP contribution in [0.3, 0.4) is 0 Å². The maximum Gasteiger partial charge on any atom is 0.255 e. The Morgan fingerprint density at radius 3 is 1.77 bits per heavy atom. The van der Waals surface area contributed by atoms with Gasteiger partial charge < -0.3 is 24.3 Å². The van der Waals surface area contributed by atoms with Gasteiger partial charge in [0.1, 0.15) is 37.1 Å². The fraction of sp³-hybridized carbons (Fsp3) is 0.240. The molecule has 0 aliphatic heterocycles. The zero-order chi connectivity index (χ0) is 21.7. The van der Waals surface area contributed by atoms with Gasteiger partial charge in [0.25, 0.3) is 5.91 Å². The summed E-state index contributed by atoms with van der Waals surface area (Å²) in [5.74, 6) is 2.03. The number of hydrogen-bond acceptors (Lipinski definition) is 5. The smallest absolute Gasteiger partial charge is 0.255 e. The van der Waals surface area contributed by atoms with Crippen molar-refractivity contribution in [2.45, 2.75) is 6.92 Å². The van der Waals surface area contributed by atoms with Crippen LogP contribution in [0.25, 0.3) is 0 Å². The molecule has 0 unspecified atom stereocenters. The molecule has 0 aromatic heterocycles. The molecule has 3 aromatic carbocycles. The third kappa shape index (κ3) is 7.68. The van der Waals surface area contributed by atoms with E-state index in [4.69, 9.17) is 18.9 Å². The number of para-hydroxylation sites is 1. The number of carbonyl (C=O) groups excluding carboxylic acids is 1. The average Bonchev–Trinajstić information content (AvgIpc) is 2.82. The van der Waals surface area contributed by atoms with E-state index in [-0.39, 0.29) is 5.91 Å². The number of ether oxygens (including phenoxy) is 4. The molecular formula is C25H27NO5. The molecule has 3 aromatic rings. The highest BCUT2D eigenvalue weighted by Crippen LogP contribution is 2.18. The summed E-state index contributed by atoms with van der Waals surface area (Å²) in [5, 5.41) is 2.87. The SMILES string of the molecule is CCOCCOc1ccc(NC(=O)c2ccc(OCCOc3ccccc3)cc2)cc1. The molecule has 0 fully saturated rings. The van der Waals surface area contributed by atoms with E-state index in [1.807, 2.05) is 49.4 Å². The Kier molecular flexibility index (Phi) is 8.76. The highest BCUT2D eigenvalue weighted by atomic mass is 16.5. The zero-order valence-electron chi connectivity index (χ0n) is 17.6. The molecule has 1 N–H and O–H groups in total. The van der Waals surface area contributed by atoms with Crippen LogP contribution in [0.1, 0.15) is 17.3 Å². The molecule has 3 rings (SSSR count). The van der Waals surface area contributed by atoms with Crippen molar-refractivity contribution in [3.63, 3.8) is 0 Å². The van der Waals surface area contributed by atoms with Crippen molar-refractivity contribution in [2.24, 2.45) is 0 Å². The second-order valence-electron chi connectivity index (χ2n) is 6.56. The number of hydrogen-bond donors (Lipinski definition) is 1. The number of benzene rings is 3. The van der Waals surface area contributed by atoms with Crippen LogP contribution >= 0.6 is 0 Å². The van der Waals surface area contributed by atoms with E-state index in [1.54, 1.807) is 36.4 Å². The van der Waals surface area contributed by atoms with E-state index < -0.39 is 0 Å². The quantitative estimate of drug-likeness (QED) is 0.425. The summed E-state index contributed by atoms with van der Waals surface area (Å²) in [6, 6.07) is 23.8. The first-order valence-electron chi connectivity index (χ1n) is 10.3. The van der Waals surface area contributed by atoms with Gasteiger partial charge in [0.05, 0.1) is 6.61 Å². The molecule has 0 aliphatic rings. The van der Waals surface area contributed by atoms with Gasteiger partial charge in [-0.25, -0.2) is 0 Å². The van der Waals surface area contributed by atoms with Crippen molar-refractivity contribution < 1.29 is 23.7 Å². The van der Waals surface area contributed by atoms with Crippen LogP contribution < -0.4 is 19.5 Å². The molecule has 0 aliphatic carbocycles. The van der Waals surface area contributed by atoms with Crippen LogP contribution in [0.5, 0.6) is 17.2 Å². The fourth-order valence-corrected chi connectivity index (χ4v) is 2.74. The molecule has 6 heteroatoms. The highest BCUT2D eigenvalue weighted by Gasteiger charge is 2.07. The number of rotatable bonds is 12. The van der Waals surface area contributed by atoms with Gasteiger partial charge in [-0.05, 0) is 67.6 Å². The van der Waals surface area contributed by atoms with E-state index in [0.29, 0.717) is 50.0 Å². The summed E-state index contributed by atoms with van der Waals surface area (Å²) >= 11 is 0. The molecule has 31 heavy (non-hydrogen) atoms. The van der Waals surface area contributed by atoms with Gasteiger partial charge in [0.2, 0.25) is 0 Å². The van der Waals surface area contributed by atoms with Gasteiger partial charge in [-0.3, -0.25) is 4.79 Å². The Morgan fingerprint density at radius 1 is 0.677 bits per heavy atom. The topological polar surface area (TPSA) is 66.0 Å². The van der Waals surface area contributed by atoms with Gasteiger partial charge in [-0.15, -0.1) is 0 Å². The number of nitrogens with one attached hydrogen (secondary N) is 1. The Morgan fingerprint density at radius 2 is 1.19 bits per heavy atom. The van der Waals surface area contributed by atoms with Crippen LogP contribution in [-0.2, 0) is 4.74 Å². The molecule has 0 spiro atoms. The van der Waals surface area contributed by atoms with E-state index >= 15 is 0 Å². The van der Waals surface area contributed by atoms with Crippen molar-refractivity contribution in [2.75, 3.05) is 38.4 Å². The highest BCUT2D eigenvalue weighted by molar-refractivity contribution is 6.04. The molecule has 0 radical (unpaired) electrons. The minimum Gasteiger partial charge on any atom is -0.491 e. The molecule has 6 nitrogen and oxygen atoms in total. The van der Waals surface area contributed by atoms with E-state index in [9.17, 15) is 4.79 Å². The zero-order valence-corrected chi connectivity index (χ0v) is 17.6. The summed E-state index contributed by atoms with van der Waals surface area (Å²) in [6.07, 6.45) is 0. The van der Waals surface area contributed by atoms with Crippen molar-refractivity contribution in [3.8, 4) is 17.2 Å². The summed E-state index contributed by atoms with van der Waals surface area (Å²) in [5.41, 5.74) is 1.24. The van der Waals surface area contributed by atoms with Crippen molar-refractivity contribution in [1.29, 1.82) is 0 Å². The largest absolute Gasteiger partial charge is 0.491 e. The van der Waals surface area contributed by atoms with Crippen molar-refractivity contribution >= 4 is 11.6 Å². The van der Waals surface area contributed by atoms with E-state index in [0.717, 1.165) is 11.5 Å². The minimum atomic E-state index is -0.191. The van der Waals surface area contributed by atoms with Gasteiger partial charge in [-0.2, -0.15) is 0 Å². The van der Waals surface area contributed by atoms with E-state index in [2.05, 4.69) is 5.32 Å². The number of anilines is 1.